The first kappa shape index (κ1) is 10.1. The molecule has 70 valence electrons. The molecule has 4 nitrogen and oxygen atoms in total. The van der Waals surface area contributed by atoms with Gasteiger partial charge in [-0.05, 0) is 18.7 Å². The third-order valence-corrected chi connectivity index (χ3v) is 2.20. The molecule has 0 aliphatic rings. The quantitative estimate of drug-likeness (QED) is 0.695. The number of rotatable bonds is 3. The minimum atomic E-state index is -0.152. The summed E-state index contributed by atoms with van der Waals surface area (Å²) in [6, 6.07) is 2.09. The maximum absolute atomic E-state index is 8.55. The van der Waals surface area contributed by atoms with Gasteiger partial charge in [0.1, 0.15) is 0 Å². The van der Waals surface area contributed by atoms with E-state index in [2.05, 4.69) is 16.3 Å². The fraction of sp³-hybridized carbons (Fsp3) is 0.625. The lowest BCUT2D eigenvalue weighted by molar-refractivity contribution is 0.398. The van der Waals surface area contributed by atoms with E-state index in [0.29, 0.717) is 11.1 Å². The van der Waals surface area contributed by atoms with Crippen LogP contribution >= 0.6 is 11.8 Å². The molecule has 0 spiro atoms. The topological polar surface area (TPSA) is 62.7 Å². The fourth-order valence-corrected chi connectivity index (χ4v) is 1.26. The summed E-state index contributed by atoms with van der Waals surface area (Å²) in [6.45, 7) is 5.76. The van der Waals surface area contributed by atoms with Crippen LogP contribution in [0.4, 0.5) is 0 Å². The summed E-state index contributed by atoms with van der Waals surface area (Å²) in [4.78, 5) is 0. The van der Waals surface area contributed by atoms with Crippen molar-refractivity contribution in [2.45, 2.75) is 37.2 Å². The molecular weight excluding hydrogens is 186 g/mol. The smallest absolute Gasteiger partial charge is 0.277 e. The Hall–Kier alpha value is -1.02. The highest BCUT2D eigenvalue weighted by atomic mass is 32.2. The molecule has 0 fully saturated rings. The van der Waals surface area contributed by atoms with E-state index in [0.717, 1.165) is 0 Å². The Morgan fingerprint density at radius 3 is 2.54 bits per heavy atom. The van der Waals surface area contributed by atoms with Gasteiger partial charge >= 0.3 is 0 Å². The van der Waals surface area contributed by atoms with Crippen molar-refractivity contribution < 1.29 is 4.42 Å². The zero-order valence-corrected chi connectivity index (χ0v) is 8.63. The lowest BCUT2D eigenvalue weighted by Gasteiger charge is -1.96. The third-order valence-electron chi connectivity index (χ3n) is 1.38. The normalized spacial score (nSPS) is 12.8. The van der Waals surface area contributed by atoms with Gasteiger partial charge in [-0.1, -0.05) is 13.8 Å². The lowest BCUT2D eigenvalue weighted by Crippen LogP contribution is -1.88. The Kier molecular flexibility index (Phi) is 3.32. The van der Waals surface area contributed by atoms with Gasteiger partial charge < -0.3 is 4.42 Å². The van der Waals surface area contributed by atoms with Crippen LogP contribution in [0, 0.1) is 11.3 Å². The second kappa shape index (κ2) is 4.28. The molecule has 0 saturated carbocycles. The number of nitriles is 1. The van der Waals surface area contributed by atoms with Gasteiger partial charge in [0.05, 0.1) is 11.3 Å². The van der Waals surface area contributed by atoms with Gasteiger partial charge in [-0.25, -0.2) is 0 Å². The van der Waals surface area contributed by atoms with Crippen molar-refractivity contribution in [2.75, 3.05) is 0 Å². The molecule has 1 aromatic rings. The van der Waals surface area contributed by atoms with Crippen molar-refractivity contribution in [3.05, 3.63) is 5.89 Å². The van der Waals surface area contributed by atoms with Gasteiger partial charge in [0.2, 0.25) is 5.89 Å². The third kappa shape index (κ3) is 2.74. The molecule has 0 aromatic carbocycles. The number of nitrogens with zero attached hydrogens (tertiary/aromatic N) is 3. The summed E-state index contributed by atoms with van der Waals surface area (Å²) in [5.74, 6) is 0.854. The first-order valence-electron chi connectivity index (χ1n) is 4.03. The van der Waals surface area contributed by atoms with E-state index in [1.165, 1.54) is 11.8 Å². The highest BCUT2D eigenvalue weighted by Gasteiger charge is 2.12. The van der Waals surface area contributed by atoms with Gasteiger partial charge in [-0.3, -0.25) is 0 Å². The van der Waals surface area contributed by atoms with Crippen LogP contribution in [0.2, 0.25) is 0 Å². The van der Waals surface area contributed by atoms with Crippen molar-refractivity contribution in [3.8, 4) is 6.07 Å². The highest BCUT2D eigenvalue weighted by molar-refractivity contribution is 7.99. The number of aromatic nitrogens is 2. The maximum atomic E-state index is 8.55. The van der Waals surface area contributed by atoms with E-state index in [9.17, 15) is 0 Å². The average molecular weight is 197 g/mol. The summed E-state index contributed by atoms with van der Waals surface area (Å²) >= 11 is 1.28. The second-order valence-electron chi connectivity index (χ2n) is 2.95. The Bertz CT molecular complexity index is 315. The lowest BCUT2D eigenvalue weighted by atomic mass is 10.2. The first-order valence-corrected chi connectivity index (χ1v) is 4.91. The highest BCUT2D eigenvalue weighted by Crippen LogP contribution is 2.23. The van der Waals surface area contributed by atoms with Crippen molar-refractivity contribution >= 4 is 11.8 Å². The monoisotopic (exact) mass is 197 g/mol. The molecule has 0 amide bonds. The maximum Gasteiger partial charge on any atom is 0.277 e. The van der Waals surface area contributed by atoms with Crippen LogP contribution in [0.15, 0.2) is 9.64 Å². The summed E-state index contributed by atoms with van der Waals surface area (Å²) in [7, 11) is 0. The largest absolute Gasteiger partial charge is 0.416 e. The predicted octanol–water partition coefficient (Wildman–Crippen LogP) is 2.20. The Labute approximate surface area is 81.3 Å². The van der Waals surface area contributed by atoms with Crippen molar-refractivity contribution in [1.29, 1.82) is 5.26 Å². The fourth-order valence-electron chi connectivity index (χ4n) is 0.679. The van der Waals surface area contributed by atoms with E-state index in [4.69, 9.17) is 9.68 Å². The molecule has 1 heterocycles. The summed E-state index contributed by atoms with van der Waals surface area (Å²) < 4.78 is 5.31. The van der Waals surface area contributed by atoms with Gasteiger partial charge in [-0.2, -0.15) is 5.26 Å². The summed E-state index contributed by atoms with van der Waals surface area (Å²) in [5.41, 5.74) is 0. The minimum absolute atomic E-state index is 0.152. The molecular formula is C8H11N3OS. The summed E-state index contributed by atoms with van der Waals surface area (Å²) in [5, 5.41) is 16.5. The van der Waals surface area contributed by atoms with Gasteiger partial charge in [0.25, 0.3) is 5.22 Å². The van der Waals surface area contributed by atoms with Gasteiger partial charge in [-0.15, -0.1) is 10.2 Å². The van der Waals surface area contributed by atoms with E-state index in [1.807, 2.05) is 13.8 Å². The molecule has 0 bridgehead atoms. The molecule has 1 atom stereocenters. The number of hydrogen-bond acceptors (Lipinski definition) is 5. The van der Waals surface area contributed by atoms with E-state index >= 15 is 0 Å². The number of thioether (sulfide) groups is 1. The Balaban J connectivity index is 2.65. The molecule has 0 aliphatic heterocycles. The van der Waals surface area contributed by atoms with Crippen LogP contribution in [0.5, 0.6) is 0 Å². The van der Waals surface area contributed by atoms with E-state index in [-0.39, 0.29) is 11.2 Å². The summed E-state index contributed by atoms with van der Waals surface area (Å²) in [6.07, 6.45) is 0. The zero-order valence-electron chi connectivity index (χ0n) is 7.81. The van der Waals surface area contributed by atoms with Crippen LogP contribution in [0.3, 0.4) is 0 Å². The van der Waals surface area contributed by atoms with Crippen LogP contribution in [-0.2, 0) is 0 Å². The van der Waals surface area contributed by atoms with Crippen molar-refractivity contribution in [1.82, 2.24) is 10.2 Å². The molecule has 13 heavy (non-hydrogen) atoms. The standard InChI is InChI=1S/C8H11N3OS/c1-5(2)7-10-11-8(12-7)13-6(3)4-9/h5-6H,1-3H3. The van der Waals surface area contributed by atoms with Crippen LogP contribution in [0.1, 0.15) is 32.6 Å². The molecule has 0 N–H and O–H groups in total. The van der Waals surface area contributed by atoms with Crippen molar-refractivity contribution in [2.24, 2.45) is 0 Å². The molecule has 1 rings (SSSR count). The minimum Gasteiger partial charge on any atom is -0.416 e. The molecule has 0 saturated heterocycles. The zero-order chi connectivity index (χ0) is 9.84. The van der Waals surface area contributed by atoms with E-state index in [1.54, 1.807) is 6.92 Å². The Morgan fingerprint density at radius 1 is 1.38 bits per heavy atom. The molecule has 1 aromatic heterocycles. The Morgan fingerprint density at radius 2 is 2.08 bits per heavy atom. The van der Waals surface area contributed by atoms with Gasteiger partial charge in [0.15, 0.2) is 0 Å². The van der Waals surface area contributed by atoms with E-state index < -0.39 is 0 Å². The second-order valence-corrected chi connectivity index (χ2v) is 4.24. The van der Waals surface area contributed by atoms with Gasteiger partial charge in [0, 0.05) is 5.92 Å². The van der Waals surface area contributed by atoms with Crippen LogP contribution in [-0.4, -0.2) is 15.4 Å². The molecule has 0 radical (unpaired) electrons. The first-order chi connectivity index (χ1) is 6.13. The molecule has 1 unspecified atom stereocenters. The van der Waals surface area contributed by atoms with Crippen LogP contribution in [0.25, 0.3) is 0 Å². The number of hydrogen-bond donors (Lipinski definition) is 0. The van der Waals surface area contributed by atoms with Crippen molar-refractivity contribution in [3.63, 3.8) is 0 Å². The molecule has 0 aliphatic carbocycles. The molecule has 5 heteroatoms. The van der Waals surface area contributed by atoms with Crippen LogP contribution < -0.4 is 0 Å². The average Bonchev–Trinajstić information content (AvgIpc) is 2.52. The SMILES string of the molecule is CC(C#N)Sc1nnc(C(C)C)o1. The predicted molar refractivity (Wildman–Crippen MR) is 49.3 cm³/mol.